The highest BCUT2D eigenvalue weighted by Gasteiger charge is 2.31. The van der Waals surface area contributed by atoms with Crippen LogP contribution in [-0.4, -0.2) is 32.4 Å². The van der Waals surface area contributed by atoms with Gasteiger partial charge in [0.15, 0.2) is 0 Å². The third kappa shape index (κ3) is 3.33. The molecule has 0 atom stereocenters. The van der Waals surface area contributed by atoms with Gasteiger partial charge in [0.2, 0.25) is 0 Å². The Balaban J connectivity index is 1.87. The Morgan fingerprint density at radius 1 is 1.29 bits per heavy atom. The third-order valence-corrected chi connectivity index (χ3v) is 3.20. The van der Waals surface area contributed by atoms with Crippen LogP contribution in [0.3, 0.4) is 0 Å². The number of halogens is 1. The lowest BCUT2D eigenvalue weighted by Gasteiger charge is -2.30. The molecule has 0 unspecified atom stereocenters. The molecular weight excluding hydrogens is 219 g/mol. The Morgan fingerprint density at radius 2 is 1.94 bits per heavy atom. The second-order valence-electron chi connectivity index (χ2n) is 4.48. The molecule has 0 bridgehead atoms. The van der Waals surface area contributed by atoms with Crippen molar-refractivity contribution < 1.29 is 9.13 Å². The lowest BCUT2D eigenvalue weighted by atomic mass is 9.94. The summed E-state index contributed by atoms with van der Waals surface area (Å²) in [7, 11) is 1.63. The topological polar surface area (TPSA) is 33.3 Å². The van der Waals surface area contributed by atoms with E-state index in [0.717, 1.165) is 24.5 Å². The first-order valence-corrected chi connectivity index (χ1v) is 5.99. The molecule has 94 valence electrons. The molecule has 0 radical (unpaired) electrons. The molecule has 1 heterocycles. The van der Waals surface area contributed by atoms with Crippen molar-refractivity contribution in [2.45, 2.75) is 18.5 Å². The van der Waals surface area contributed by atoms with Crippen LogP contribution in [0, 0.1) is 0 Å². The normalized spacial score (nSPS) is 18.7. The summed E-state index contributed by atoms with van der Waals surface area (Å²) in [6.07, 6.45) is 1.16. The van der Waals surface area contributed by atoms with Crippen LogP contribution in [0.25, 0.3) is 0 Å². The molecule has 17 heavy (non-hydrogen) atoms. The van der Waals surface area contributed by atoms with Crippen LogP contribution in [0.4, 0.5) is 10.1 Å². The average molecular weight is 238 g/mol. The van der Waals surface area contributed by atoms with E-state index in [0.29, 0.717) is 19.4 Å². The molecule has 1 fully saturated rings. The fraction of sp³-hybridized carbons (Fsp3) is 0.538. The average Bonchev–Trinajstić information content (AvgIpc) is 2.38. The van der Waals surface area contributed by atoms with Crippen molar-refractivity contribution in [1.29, 1.82) is 0 Å². The summed E-state index contributed by atoms with van der Waals surface area (Å²) in [5.74, 6) is 0.812. The monoisotopic (exact) mass is 238 g/mol. The lowest BCUT2D eigenvalue weighted by Crippen LogP contribution is -2.43. The SMILES string of the molecule is COc1ccc(NCC2(F)CCNCC2)cc1. The number of alkyl halides is 1. The van der Waals surface area contributed by atoms with E-state index < -0.39 is 5.67 Å². The van der Waals surface area contributed by atoms with Gasteiger partial charge >= 0.3 is 0 Å². The summed E-state index contributed by atoms with van der Waals surface area (Å²) in [5.41, 5.74) is -0.146. The van der Waals surface area contributed by atoms with Gasteiger partial charge in [0, 0.05) is 12.2 Å². The zero-order chi connectivity index (χ0) is 12.1. The molecule has 2 rings (SSSR count). The first kappa shape index (κ1) is 12.2. The van der Waals surface area contributed by atoms with E-state index >= 15 is 0 Å². The van der Waals surface area contributed by atoms with Gasteiger partial charge in [-0.3, -0.25) is 0 Å². The molecule has 1 aliphatic heterocycles. The van der Waals surface area contributed by atoms with Crippen molar-refractivity contribution in [3.05, 3.63) is 24.3 Å². The van der Waals surface area contributed by atoms with Gasteiger partial charge in [-0.1, -0.05) is 0 Å². The van der Waals surface area contributed by atoms with Crippen LogP contribution in [-0.2, 0) is 0 Å². The minimum absolute atomic E-state index is 0.376. The Hall–Kier alpha value is -1.29. The zero-order valence-electron chi connectivity index (χ0n) is 10.1. The number of hydrogen-bond donors (Lipinski definition) is 2. The number of rotatable bonds is 4. The van der Waals surface area contributed by atoms with Crippen molar-refractivity contribution in [1.82, 2.24) is 5.32 Å². The van der Waals surface area contributed by atoms with Gasteiger partial charge in [-0.2, -0.15) is 0 Å². The molecule has 2 N–H and O–H groups in total. The maximum atomic E-state index is 14.3. The zero-order valence-corrected chi connectivity index (χ0v) is 10.1. The third-order valence-electron chi connectivity index (χ3n) is 3.20. The summed E-state index contributed by atoms with van der Waals surface area (Å²) in [4.78, 5) is 0. The van der Waals surface area contributed by atoms with Gasteiger partial charge in [0.1, 0.15) is 11.4 Å². The van der Waals surface area contributed by atoms with E-state index in [4.69, 9.17) is 4.74 Å². The van der Waals surface area contributed by atoms with E-state index in [1.165, 1.54) is 0 Å². The van der Waals surface area contributed by atoms with E-state index in [9.17, 15) is 4.39 Å². The van der Waals surface area contributed by atoms with E-state index in [2.05, 4.69) is 10.6 Å². The summed E-state index contributed by atoms with van der Waals surface area (Å²) in [6.45, 7) is 1.91. The van der Waals surface area contributed by atoms with Gasteiger partial charge in [-0.15, -0.1) is 0 Å². The number of methoxy groups -OCH3 is 1. The quantitative estimate of drug-likeness (QED) is 0.843. The molecule has 1 saturated heterocycles. The molecule has 0 spiro atoms. The molecular formula is C13H19FN2O. The van der Waals surface area contributed by atoms with Crippen LogP contribution in [0.1, 0.15) is 12.8 Å². The lowest BCUT2D eigenvalue weighted by molar-refractivity contribution is 0.131. The van der Waals surface area contributed by atoms with Crippen LogP contribution in [0.5, 0.6) is 5.75 Å². The largest absolute Gasteiger partial charge is 0.497 e. The minimum atomic E-state index is -1.08. The summed E-state index contributed by atoms with van der Waals surface area (Å²) < 4.78 is 19.3. The molecule has 0 aliphatic carbocycles. The number of nitrogens with one attached hydrogen (secondary N) is 2. The number of benzene rings is 1. The first-order chi connectivity index (χ1) is 8.22. The fourth-order valence-electron chi connectivity index (χ4n) is 2.02. The van der Waals surface area contributed by atoms with Gasteiger partial charge < -0.3 is 15.4 Å². The smallest absolute Gasteiger partial charge is 0.130 e. The van der Waals surface area contributed by atoms with Crippen LogP contribution < -0.4 is 15.4 Å². The van der Waals surface area contributed by atoms with Crippen LogP contribution >= 0.6 is 0 Å². The van der Waals surface area contributed by atoms with Gasteiger partial charge in [-0.05, 0) is 50.2 Å². The highest BCUT2D eigenvalue weighted by atomic mass is 19.1. The molecule has 0 saturated carbocycles. The van der Waals surface area contributed by atoms with Crippen molar-refractivity contribution >= 4 is 5.69 Å². The number of hydrogen-bond acceptors (Lipinski definition) is 3. The fourth-order valence-corrected chi connectivity index (χ4v) is 2.02. The van der Waals surface area contributed by atoms with Gasteiger partial charge in [0.25, 0.3) is 0 Å². The highest BCUT2D eigenvalue weighted by Crippen LogP contribution is 2.24. The number of anilines is 1. The van der Waals surface area contributed by atoms with Crippen molar-refractivity contribution in [3.63, 3.8) is 0 Å². The molecule has 1 aromatic rings. The standard InChI is InChI=1S/C13H19FN2O/c1-17-12-4-2-11(3-5-12)16-10-13(14)6-8-15-9-7-13/h2-5,15-16H,6-10H2,1H3. The van der Waals surface area contributed by atoms with E-state index in [1.807, 2.05) is 24.3 Å². The van der Waals surface area contributed by atoms with Crippen molar-refractivity contribution in [3.8, 4) is 5.75 Å². The van der Waals surface area contributed by atoms with Crippen molar-refractivity contribution in [2.24, 2.45) is 0 Å². The second kappa shape index (κ2) is 5.36. The predicted octanol–water partition coefficient (Wildman–Crippen LogP) is 2.20. The molecule has 1 aliphatic rings. The Morgan fingerprint density at radius 3 is 2.53 bits per heavy atom. The number of ether oxygens (including phenoxy) is 1. The maximum absolute atomic E-state index is 14.3. The molecule has 4 heteroatoms. The van der Waals surface area contributed by atoms with E-state index in [1.54, 1.807) is 7.11 Å². The van der Waals surface area contributed by atoms with E-state index in [-0.39, 0.29) is 0 Å². The molecule has 1 aromatic carbocycles. The van der Waals surface area contributed by atoms with Crippen LogP contribution in [0.2, 0.25) is 0 Å². The number of piperidine rings is 1. The summed E-state index contributed by atoms with van der Waals surface area (Å²) in [5, 5.41) is 6.32. The summed E-state index contributed by atoms with van der Waals surface area (Å²) >= 11 is 0. The Labute approximate surface area is 101 Å². The van der Waals surface area contributed by atoms with Crippen LogP contribution in [0.15, 0.2) is 24.3 Å². The second-order valence-corrected chi connectivity index (χ2v) is 4.48. The molecule has 0 amide bonds. The van der Waals surface area contributed by atoms with Gasteiger partial charge in [0.05, 0.1) is 7.11 Å². The van der Waals surface area contributed by atoms with Crippen molar-refractivity contribution in [2.75, 3.05) is 32.1 Å². The summed E-state index contributed by atoms with van der Waals surface area (Å²) in [6, 6.07) is 7.55. The van der Waals surface area contributed by atoms with Gasteiger partial charge in [-0.25, -0.2) is 4.39 Å². The highest BCUT2D eigenvalue weighted by molar-refractivity contribution is 5.46. The Kier molecular flexibility index (Phi) is 3.84. The predicted molar refractivity (Wildman–Crippen MR) is 67.4 cm³/mol. The maximum Gasteiger partial charge on any atom is 0.130 e. The first-order valence-electron chi connectivity index (χ1n) is 5.99. The Bertz CT molecular complexity index is 347. The molecule has 0 aromatic heterocycles. The minimum Gasteiger partial charge on any atom is -0.497 e. The molecule has 3 nitrogen and oxygen atoms in total.